The van der Waals surface area contributed by atoms with Gasteiger partial charge in [0.15, 0.2) is 4.80 Å². The summed E-state index contributed by atoms with van der Waals surface area (Å²) in [6, 6.07) is 7.58. The number of hydrogen-bond donors (Lipinski definition) is 0. The highest BCUT2D eigenvalue weighted by Crippen LogP contribution is 2.20. The van der Waals surface area contributed by atoms with Crippen molar-refractivity contribution < 1.29 is 13.2 Å². The van der Waals surface area contributed by atoms with Gasteiger partial charge in [-0.15, -0.1) is 11.3 Å². The van der Waals surface area contributed by atoms with E-state index in [4.69, 9.17) is 11.6 Å². The molecule has 0 atom stereocenters. The number of carbonyl (C=O) groups is 1. The minimum Gasteiger partial charge on any atom is -0.319 e. The van der Waals surface area contributed by atoms with Crippen LogP contribution in [-0.4, -0.2) is 42.5 Å². The van der Waals surface area contributed by atoms with Crippen LogP contribution in [0.25, 0.3) is 0 Å². The van der Waals surface area contributed by atoms with E-state index in [2.05, 4.69) is 4.99 Å². The second kappa shape index (κ2) is 8.04. The summed E-state index contributed by atoms with van der Waals surface area (Å²) in [5.41, 5.74) is 0.961. The van der Waals surface area contributed by atoms with E-state index in [0.717, 1.165) is 5.56 Å². The first-order valence-corrected chi connectivity index (χ1v) is 11.4. The van der Waals surface area contributed by atoms with Crippen LogP contribution >= 0.6 is 22.9 Å². The van der Waals surface area contributed by atoms with Gasteiger partial charge in [0.1, 0.15) is 0 Å². The minimum atomic E-state index is -3.19. The Morgan fingerprint density at radius 1 is 1.31 bits per heavy atom. The zero-order valence-electron chi connectivity index (χ0n) is 14.3. The van der Waals surface area contributed by atoms with Crippen LogP contribution in [-0.2, 0) is 21.4 Å². The van der Waals surface area contributed by atoms with Crippen molar-refractivity contribution in [2.24, 2.45) is 10.9 Å². The van der Waals surface area contributed by atoms with Crippen LogP contribution in [0.5, 0.6) is 0 Å². The van der Waals surface area contributed by atoms with Crippen molar-refractivity contribution in [1.82, 2.24) is 8.87 Å². The summed E-state index contributed by atoms with van der Waals surface area (Å²) in [5, 5.41) is 2.56. The summed E-state index contributed by atoms with van der Waals surface area (Å²) in [4.78, 5) is 17.4. The number of sulfonamides is 1. The van der Waals surface area contributed by atoms with Gasteiger partial charge in [0, 0.05) is 35.6 Å². The molecule has 3 rings (SSSR count). The third kappa shape index (κ3) is 4.62. The highest BCUT2D eigenvalue weighted by Gasteiger charge is 2.28. The summed E-state index contributed by atoms with van der Waals surface area (Å²) >= 11 is 7.61. The molecule has 0 unspecified atom stereocenters. The zero-order valence-corrected chi connectivity index (χ0v) is 16.7. The largest absolute Gasteiger partial charge is 0.319 e. The first kappa shape index (κ1) is 19.3. The molecule has 140 valence electrons. The second-order valence-corrected chi connectivity index (χ2v) is 9.55. The fraction of sp³-hybridized carbons (Fsp3) is 0.412. The molecule has 0 bridgehead atoms. The molecule has 26 heavy (non-hydrogen) atoms. The fourth-order valence-corrected chi connectivity index (χ4v) is 4.74. The Hall–Kier alpha value is -1.48. The van der Waals surface area contributed by atoms with Gasteiger partial charge in [0.05, 0.1) is 12.8 Å². The summed E-state index contributed by atoms with van der Waals surface area (Å²) in [6.07, 6.45) is 4.09. The standard InChI is InChI=1S/C17H20ClN3O3S2/c1-26(23,24)21-8-6-13(7-9-21)16(22)19-17-20(10-11-25-17)12-14-4-2-3-5-15(14)18/h2-5,10-11,13H,6-9,12H2,1H3. The average molecular weight is 414 g/mol. The smallest absolute Gasteiger partial charge is 0.251 e. The first-order valence-electron chi connectivity index (χ1n) is 8.25. The number of thiazole rings is 1. The molecule has 1 aliphatic rings. The van der Waals surface area contributed by atoms with E-state index in [0.29, 0.717) is 42.3 Å². The molecule has 1 amide bonds. The molecule has 0 N–H and O–H groups in total. The van der Waals surface area contributed by atoms with Gasteiger partial charge in [-0.1, -0.05) is 29.8 Å². The Morgan fingerprint density at radius 3 is 2.65 bits per heavy atom. The first-order chi connectivity index (χ1) is 12.3. The van der Waals surface area contributed by atoms with E-state index < -0.39 is 10.0 Å². The number of aromatic nitrogens is 1. The number of amides is 1. The lowest BCUT2D eigenvalue weighted by atomic mass is 9.98. The maximum Gasteiger partial charge on any atom is 0.251 e. The molecule has 1 saturated heterocycles. The summed E-state index contributed by atoms with van der Waals surface area (Å²) in [6.45, 7) is 1.28. The molecule has 0 radical (unpaired) electrons. The molecule has 1 aromatic carbocycles. The number of carbonyl (C=O) groups excluding carboxylic acids is 1. The zero-order chi connectivity index (χ0) is 18.7. The third-order valence-electron chi connectivity index (χ3n) is 4.44. The van der Waals surface area contributed by atoms with Crippen molar-refractivity contribution in [2.75, 3.05) is 19.3 Å². The molecule has 6 nitrogen and oxygen atoms in total. The monoisotopic (exact) mass is 413 g/mol. The Balaban J connectivity index is 1.72. The van der Waals surface area contributed by atoms with E-state index in [9.17, 15) is 13.2 Å². The fourth-order valence-electron chi connectivity index (χ4n) is 2.94. The predicted octanol–water partition coefficient (Wildman–Crippen LogP) is 2.35. The number of piperidine rings is 1. The number of benzene rings is 1. The molecule has 0 aliphatic carbocycles. The molecule has 0 saturated carbocycles. The summed E-state index contributed by atoms with van der Waals surface area (Å²) in [5.74, 6) is -0.419. The van der Waals surface area contributed by atoms with E-state index in [1.165, 1.54) is 21.9 Å². The van der Waals surface area contributed by atoms with Gasteiger partial charge in [0.25, 0.3) is 5.91 Å². The summed E-state index contributed by atoms with van der Waals surface area (Å²) in [7, 11) is -3.19. The predicted molar refractivity (Wildman–Crippen MR) is 103 cm³/mol. The lowest BCUT2D eigenvalue weighted by molar-refractivity contribution is -0.122. The number of nitrogens with zero attached hydrogens (tertiary/aromatic N) is 3. The molecule has 2 heterocycles. The minimum absolute atomic E-state index is 0.187. The Bertz CT molecular complexity index is 957. The topological polar surface area (TPSA) is 71.7 Å². The van der Waals surface area contributed by atoms with E-state index >= 15 is 0 Å². The van der Waals surface area contributed by atoms with Crippen LogP contribution in [0.15, 0.2) is 40.8 Å². The number of hydrogen-bond acceptors (Lipinski definition) is 4. The van der Waals surface area contributed by atoms with Crippen LogP contribution in [0.3, 0.4) is 0 Å². The Labute approximate surface area is 161 Å². The van der Waals surface area contributed by atoms with Crippen LogP contribution in [0.1, 0.15) is 18.4 Å². The van der Waals surface area contributed by atoms with Gasteiger partial charge in [-0.3, -0.25) is 4.79 Å². The van der Waals surface area contributed by atoms with Crippen molar-refractivity contribution in [3.63, 3.8) is 0 Å². The van der Waals surface area contributed by atoms with E-state index in [1.54, 1.807) is 0 Å². The highest BCUT2D eigenvalue weighted by atomic mass is 35.5. The molecular formula is C17H20ClN3O3S2. The van der Waals surface area contributed by atoms with Gasteiger partial charge in [-0.25, -0.2) is 12.7 Å². The number of rotatable bonds is 4. The van der Waals surface area contributed by atoms with Crippen molar-refractivity contribution in [1.29, 1.82) is 0 Å². The van der Waals surface area contributed by atoms with Crippen LogP contribution in [0.4, 0.5) is 0 Å². The lowest BCUT2D eigenvalue weighted by Gasteiger charge is -2.28. The normalized spacial score (nSPS) is 17.5. The lowest BCUT2D eigenvalue weighted by Crippen LogP contribution is -2.39. The van der Waals surface area contributed by atoms with Crippen LogP contribution in [0, 0.1) is 5.92 Å². The molecule has 0 spiro atoms. The van der Waals surface area contributed by atoms with Crippen LogP contribution in [0.2, 0.25) is 5.02 Å². The van der Waals surface area contributed by atoms with Crippen molar-refractivity contribution in [3.05, 3.63) is 51.2 Å². The third-order valence-corrected chi connectivity index (χ3v) is 6.90. The maximum absolute atomic E-state index is 12.5. The summed E-state index contributed by atoms with van der Waals surface area (Å²) < 4.78 is 26.5. The van der Waals surface area contributed by atoms with Gasteiger partial charge in [-0.05, 0) is 24.5 Å². The van der Waals surface area contributed by atoms with Crippen LogP contribution < -0.4 is 4.80 Å². The average Bonchev–Trinajstić information content (AvgIpc) is 3.03. The van der Waals surface area contributed by atoms with Gasteiger partial charge in [0.2, 0.25) is 10.0 Å². The van der Waals surface area contributed by atoms with Crippen molar-refractivity contribution in [2.45, 2.75) is 19.4 Å². The quantitative estimate of drug-likeness (QED) is 0.772. The second-order valence-electron chi connectivity index (χ2n) is 6.29. The molecule has 1 aromatic heterocycles. The SMILES string of the molecule is CS(=O)(=O)N1CCC(C(=O)N=c2sccn2Cc2ccccc2Cl)CC1. The number of halogens is 1. The molecular weight excluding hydrogens is 394 g/mol. The van der Waals surface area contributed by atoms with Crippen molar-refractivity contribution in [3.8, 4) is 0 Å². The Kier molecular flexibility index (Phi) is 5.96. The van der Waals surface area contributed by atoms with E-state index in [-0.39, 0.29) is 11.8 Å². The van der Waals surface area contributed by atoms with Gasteiger partial charge < -0.3 is 4.57 Å². The molecule has 9 heteroatoms. The maximum atomic E-state index is 12.5. The molecule has 1 aliphatic heterocycles. The molecule has 2 aromatic rings. The highest BCUT2D eigenvalue weighted by molar-refractivity contribution is 7.88. The Morgan fingerprint density at radius 2 is 2.00 bits per heavy atom. The molecule has 1 fully saturated rings. The van der Waals surface area contributed by atoms with Crippen molar-refractivity contribution >= 4 is 38.9 Å². The van der Waals surface area contributed by atoms with Gasteiger partial charge >= 0.3 is 0 Å². The van der Waals surface area contributed by atoms with E-state index in [1.807, 2.05) is 40.4 Å². The van der Waals surface area contributed by atoms with Gasteiger partial charge in [-0.2, -0.15) is 4.99 Å².